The van der Waals surface area contributed by atoms with Crippen molar-refractivity contribution in [1.82, 2.24) is 0 Å². The molecular formula is C15H15BrClNO. The predicted molar refractivity (Wildman–Crippen MR) is 82.8 cm³/mol. The van der Waals surface area contributed by atoms with Crippen molar-refractivity contribution in [2.45, 2.75) is 12.5 Å². The third-order valence-electron chi connectivity index (χ3n) is 3.00. The molecule has 2 aromatic rings. The van der Waals surface area contributed by atoms with E-state index in [0.717, 1.165) is 27.8 Å². The first-order valence-electron chi connectivity index (χ1n) is 5.94. The zero-order chi connectivity index (χ0) is 13.8. The Bertz CT molecular complexity index is 557. The highest BCUT2D eigenvalue weighted by Crippen LogP contribution is 2.30. The molecule has 19 heavy (non-hydrogen) atoms. The van der Waals surface area contributed by atoms with E-state index in [0.29, 0.717) is 5.02 Å². The zero-order valence-corrected chi connectivity index (χ0v) is 12.9. The van der Waals surface area contributed by atoms with Crippen LogP contribution in [0.1, 0.15) is 17.2 Å². The quantitative estimate of drug-likeness (QED) is 0.898. The van der Waals surface area contributed by atoms with Crippen molar-refractivity contribution in [3.8, 4) is 5.75 Å². The molecule has 0 amide bonds. The fraction of sp³-hybridized carbons (Fsp3) is 0.200. The standard InChI is InChI=1S/C15H15BrClNO/c1-19-11-7-5-10(6-8-11)9-14(18)12-3-2-4-13(16)15(12)17/h2-8,14H,9,18H2,1H3. The number of hydrogen-bond acceptors (Lipinski definition) is 2. The van der Waals surface area contributed by atoms with Crippen LogP contribution in [-0.2, 0) is 6.42 Å². The summed E-state index contributed by atoms with van der Waals surface area (Å²) in [6, 6.07) is 13.6. The molecule has 2 nitrogen and oxygen atoms in total. The Morgan fingerprint density at radius 2 is 1.89 bits per heavy atom. The molecular weight excluding hydrogens is 326 g/mol. The minimum atomic E-state index is -0.126. The summed E-state index contributed by atoms with van der Waals surface area (Å²) < 4.78 is 6.01. The first-order valence-corrected chi connectivity index (χ1v) is 7.11. The summed E-state index contributed by atoms with van der Waals surface area (Å²) in [6.45, 7) is 0. The first-order chi connectivity index (χ1) is 9.11. The molecule has 100 valence electrons. The summed E-state index contributed by atoms with van der Waals surface area (Å²) in [5, 5.41) is 0.684. The van der Waals surface area contributed by atoms with Crippen LogP contribution >= 0.6 is 27.5 Å². The summed E-state index contributed by atoms with van der Waals surface area (Å²) in [5.74, 6) is 0.845. The number of halogens is 2. The average Bonchev–Trinajstić information content (AvgIpc) is 2.42. The lowest BCUT2D eigenvalue weighted by Gasteiger charge is -2.15. The smallest absolute Gasteiger partial charge is 0.118 e. The largest absolute Gasteiger partial charge is 0.497 e. The van der Waals surface area contributed by atoms with E-state index in [9.17, 15) is 0 Å². The van der Waals surface area contributed by atoms with E-state index >= 15 is 0 Å². The molecule has 0 saturated heterocycles. The van der Waals surface area contributed by atoms with Gasteiger partial charge in [-0.25, -0.2) is 0 Å². The van der Waals surface area contributed by atoms with Gasteiger partial charge in [0.2, 0.25) is 0 Å². The number of ether oxygens (including phenoxy) is 1. The van der Waals surface area contributed by atoms with Gasteiger partial charge in [0, 0.05) is 10.5 Å². The molecule has 0 radical (unpaired) electrons. The van der Waals surface area contributed by atoms with Crippen LogP contribution in [0.3, 0.4) is 0 Å². The van der Waals surface area contributed by atoms with E-state index in [1.807, 2.05) is 42.5 Å². The second-order valence-corrected chi connectivity index (χ2v) is 5.53. The van der Waals surface area contributed by atoms with E-state index in [1.54, 1.807) is 7.11 Å². The van der Waals surface area contributed by atoms with Gasteiger partial charge in [-0.15, -0.1) is 0 Å². The normalized spacial score (nSPS) is 12.2. The van der Waals surface area contributed by atoms with Gasteiger partial charge in [0.1, 0.15) is 5.75 Å². The second kappa shape index (κ2) is 6.42. The Balaban J connectivity index is 2.15. The topological polar surface area (TPSA) is 35.2 Å². The summed E-state index contributed by atoms with van der Waals surface area (Å²) in [4.78, 5) is 0. The molecule has 0 aromatic heterocycles. The predicted octanol–water partition coefficient (Wildman–Crippen LogP) is 4.35. The molecule has 0 aliphatic heterocycles. The summed E-state index contributed by atoms with van der Waals surface area (Å²) in [6.07, 6.45) is 0.736. The van der Waals surface area contributed by atoms with Gasteiger partial charge in [0.05, 0.1) is 12.1 Å². The number of hydrogen-bond donors (Lipinski definition) is 1. The Morgan fingerprint density at radius 1 is 1.21 bits per heavy atom. The Labute approximate surface area is 126 Å². The van der Waals surface area contributed by atoms with Crippen molar-refractivity contribution in [3.63, 3.8) is 0 Å². The Morgan fingerprint density at radius 3 is 2.53 bits per heavy atom. The lowest BCUT2D eigenvalue weighted by Crippen LogP contribution is -2.14. The van der Waals surface area contributed by atoms with E-state index in [2.05, 4.69) is 15.9 Å². The van der Waals surface area contributed by atoms with E-state index < -0.39 is 0 Å². The van der Waals surface area contributed by atoms with Gasteiger partial charge in [-0.3, -0.25) is 0 Å². The summed E-state index contributed by atoms with van der Waals surface area (Å²) in [7, 11) is 1.65. The summed E-state index contributed by atoms with van der Waals surface area (Å²) in [5.41, 5.74) is 8.34. The molecule has 0 bridgehead atoms. The SMILES string of the molecule is COc1ccc(CC(N)c2cccc(Br)c2Cl)cc1. The van der Waals surface area contributed by atoms with Gasteiger partial charge in [0.15, 0.2) is 0 Å². The molecule has 1 atom stereocenters. The fourth-order valence-electron chi connectivity index (χ4n) is 1.93. The van der Waals surface area contributed by atoms with Crippen LogP contribution in [0.25, 0.3) is 0 Å². The fourth-order valence-corrected chi connectivity index (χ4v) is 2.58. The number of benzene rings is 2. The molecule has 0 saturated carbocycles. The highest BCUT2D eigenvalue weighted by Gasteiger charge is 2.12. The van der Waals surface area contributed by atoms with Crippen LogP contribution in [0, 0.1) is 0 Å². The molecule has 0 heterocycles. The maximum atomic E-state index is 6.26. The second-order valence-electron chi connectivity index (χ2n) is 4.30. The number of rotatable bonds is 4. The van der Waals surface area contributed by atoms with Crippen molar-refractivity contribution in [1.29, 1.82) is 0 Å². The number of methoxy groups -OCH3 is 1. The maximum Gasteiger partial charge on any atom is 0.118 e. The molecule has 0 aliphatic carbocycles. The third kappa shape index (κ3) is 3.50. The van der Waals surface area contributed by atoms with E-state index in [1.165, 1.54) is 0 Å². The molecule has 2 N–H and O–H groups in total. The average molecular weight is 341 g/mol. The van der Waals surface area contributed by atoms with Crippen molar-refractivity contribution in [2.24, 2.45) is 5.73 Å². The van der Waals surface area contributed by atoms with Crippen molar-refractivity contribution in [3.05, 3.63) is 63.1 Å². The first kappa shape index (κ1) is 14.4. The van der Waals surface area contributed by atoms with Gasteiger partial charge in [-0.2, -0.15) is 0 Å². The lowest BCUT2D eigenvalue weighted by atomic mass is 9.99. The van der Waals surface area contributed by atoms with Gasteiger partial charge in [-0.05, 0) is 51.7 Å². The summed E-state index contributed by atoms with van der Waals surface area (Å²) >= 11 is 9.67. The maximum absolute atomic E-state index is 6.26. The van der Waals surface area contributed by atoms with Crippen LogP contribution in [0.2, 0.25) is 5.02 Å². The molecule has 0 aliphatic rings. The van der Waals surface area contributed by atoms with Crippen LogP contribution in [0.5, 0.6) is 5.75 Å². The van der Waals surface area contributed by atoms with Crippen LogP contribution in [0.4, 0.5) is 0 Å². The van der Waals surface area contributed by atoms with E-state index in [4.69, 9.17) is 22.1 Å². The van der Waals surface area contributed by atoms with Gasteiger partial charge in [0.25, 0.3) is 0 Å². The third-order valence-corrected chi connectivity index (χ3v) is 4.31. The van der Waals surface area contributed by atoms with Gasteiger partial charge >= 0.3 is 0 Å². The zero-order valence-electron chi connectivity index (χ0n) is 10.6. The Hall–Kier alpha value is -1.03. The minimum absolute atomic E-state index is 0.126. The van der Waals surface area contributed by atoms with Crippen molar-refractivity contribution < 1.29 is 4.74 Å². The minimum Gasteiger partial charge on any atom is -0.497 e. The highest BCUT2D eigenvalue weighted by atomic mass is 79.9. The highest BCUT2D eigenvalue weighted by molar-refractivity contribution is 9.10. The van der Waals surface area contributed by atoms with Crippen LogP contribution in [0.15, 0.2) is 46.9 Å². The van der Waals surface area contributed by atoms with E-state index in [-0.39, 0.29) is 6.04 Å². The molecule has 0 spiro atoms. The molecule has 2 rings (SSSR count). The Kier molecular flexibility index (Phi) is 4.86. The van der Waals surface area contributed by atoms with Crippen molar-refractivity contribution in [2.75, 3.05) is 7.11 Å². The van der Waals surface area contributed by atoms with Gasteiger partial charge < -0.3 is 10.5 Å². The molecule has 1 unspecified atom stereocenters. The molecule has 4 heteroatoms. The monoisotopic (exact) mass is 339 g/mol. The lowest BCUT2D eigenvalue weighted by molar-refractivity contribution is 0.414. The van der Waals surface area contributed by atoms with Crippen molar-refractivity contribution >= 4 is 27.5 Å². The van der Waals surface area contributed by atoms with Crippen LogP contribution < -0.4 is 10.5 Å². The molecule has 2 aromatic carbocycles. The van der Waals surface area contributed by atoms with Crippen LogP contribution in [-0.4, -0.2) is 7.11 Å². The number of nitrogens with two attached hydrogens (primary N) is 1. The molecule has 0 fully saturated rings. The van der Waals surface area contributed by atoms with Gasteiger partial charge in [-0.1, -0.05) is 35.9 Å².